The molecule has 0 aliphatic carbocycles. The minimum absolute atomic E-state index is 0.0188. The van der Waals surface area contributed by atoms with Gasteiger partial charge in [0.15, 0.2) is 5.78 Å². The highest BCUT2D eigenvalue weighted by Gasteiger charge is 2.41. The maximum absolute atomic E-state index is 13.1. The molecule has 3 atom stereocenters. The number of piperidine rings is 1. The molecule has 2 aromatic rings. The highest BCUT2D eigenvalue weighted by molar-refractivity contribution is 5.99. The lowest BCUT2D eigenvalue weighted by Crippen LogP contribution is -2.48. The van der Waals surface area contributed by atoms with Crippen molar-refractivity contribution in [3.05, 3.63) is 36.0 Å². The predicted octanol–water partition coefficient (Wildman–Crippen LogP) is 2.66. The summed E-state index contributed by atoms with van der Waals surface area (Å²) in [6.45, 7) is 1.25. The van der Waals surface area contributed by atoms with Crippen LogP contribution in [0.4, 0.5) is 0 Å². The smallest absolute Gasteiger partial charge is 0.310 e. The summed E-state index contributed by atoms with van der Waals surface area (Å²) in [5.74, 6) is -1.21. The summed E-state index contributed by atoms with van der Waals surface area (Å²) in [4.78, 5) is 42.4. The van der Waals surface area contributed by atoms with Crippen molar-refractivity contribution in [2.75, 3.05) is 34.4 Å². The number of hydrogen-bond donors (Lipinski definition) is 1. The third-order valence-electron chi connectivity index (χ3n) is 5.88. The van der Waals surface area contributed by atoms with E-state index in [0.717, 1.165) is 17.4 Å². The monoisotopic (exact) mass is 400 g/mol. The van der Waals surface area contributed by atoms with E-state index in [1.165, 1.54) is 14.2 Å². The lowest BCUT2D eigenvalue weighted by atomic mass is 9.73. The Kier molecular flexibility index (Phi) is 6.69. The number of ketones is 1. The van der Waals surface area contributed by atoms with Crippen molar-refractivity contribution in [2.45, 2.75) is 19.3 Å². The van der Waals surface area contributed by atoms with Gasteiger partial charge in [-0.3, -0.25) is 14.4 Å². The van der Waals surface area contributed by atoms with Crippen molar-refractivity contribution >= 4 is 28.6 Å². The van der Waals surface area contributed by atoms with Crippen molar-refractivity contribution in [3.63, 3.8) is 0 Å². The maximum atomic E-state index is 13.1. The maximum Gasteiger partial charge on any atom is 0.310 e. The molecule has 0 unspecified atom stereocenters. The minimum atomic E-state index is -0.408. The summed E-state index contributed by atoms with van der Waals surface area (Å²) in [6.07, 6.45) is 1.06. The van der Waals surface area contributed by atoms with Crippen LogP contribution in [0, 0.1) is 17.8 Å². The fourth-order valence-corrected chi connectivity index (χ4v) is 4.38. The van der Waals surface area contributed by atoms with E-state index in [0.29, 0.717) is 18.7 Å². The van der Waals surface area contributed by atoms with Crippen LogP contribution in [0.25, 0.3) is 10.9 Å². The normalized spacial score (nSPS) is 22.4. The van der Waals surface area contributed by atoms with Gasteiger partial charge in [0.2, 0.25) is 0 Å². The summed E-state index contributed by atoms with van der Waals surface area (Å²) >= 11 is 0. The van der Waals surface area contributed by atoms with Gasteiger partial charge in [0.25, 0.3) is 0 Å². The predicted molar refractivity (Wildman–Crippen MR) is 108 cm³/mol. The molecule has 0 saturated carbocycles. The van der Waals surface area contributed by atoms with Gasteiger partial charge in [0.05, 0.1) is 25.8 Å². The number of likely N-dealkylation sites (tertiary alicyclic amines) is 1. The van der Waals surface area contributed by atoms with E-state index in [4.69, 9.17) is 9.47 Å². The number of aromatic amines is 1. The Balaban J connectivity index is 1.82. The number of Topliss-reactive ketones (excluding diaryl/α,β-unsaturated/α-hetero) is 1. The molecular formula is C22H28N2O5. The molecule has 1 N–H and O–H groups in total. The first kappa shape index (κ1) is 21.0. The Morgan fingerprint density at radius 2 is 1.90 bits per heavy atom. The molecule has 0 spiro atoms. The average Bonchev–Trinajstić information content (AvgIpc) is 3.17. The molecule has 29 heavy (non-hydrogen) atoms. The van der Waals surface area contributed by atoms with Gasteiger partial charge in [-0.25, -0.2) is 0 Å². The van der Waals surface area contributed by atoms with Crippen LogP contribution >= 0.6 is 0 Å². The van der Waals surface area contributed by atoms with Crippen LogP contribution in [0.5, 0.6) is 0 Å². The van der Waals surface area contributed by atoms with Crippen LogP contribution < -0.4 is 0 Å². The number of para-hydroxylation sites is 1. The Labute approximate surface area is 170 Å². The molecule has 1 saturated heterocycles. The number of esters is 2. The highest BCUT2D eigenvalue weighted by atomic mass is 16.5. The van der Waals surface area contributed by atoms with Crippen molar-refractivity contribution < 1.29 is 23.9 Å². The zero-order valence-corrected chi connectivity index (χ0v) is 17.1. The number of nitrogens with one attached hydrogen (secondary N) is 1. The molecule has 0 amide bonds. The second-order valence-electron chi connectivity index (χ2n) is 7.79. The number of aromatic nitrogens is 1. The Hall–Kier alpha value is -2.67. The fourth-order valence-electron chi connectivity index (χ4n) is 4.38. The van der Waals surface area contributed by atoms with Gasteiger partial charge >= 0.3 is 11.9 Å². The van der Waals surface area contributed by atoms with Crippen LogP contribution in [0.3, 0.4) is 0 Å². The summed E-state index contributed by atoms with van der Waals surface area (Å²) in [5, 5.41) is 0.978. The molecule has 1 aliphatic rings. The number of carbonyl (C=O) groups excluding carboxylic acids is 3. The Morgan fingerprint density at radius 1 is 1.14 bits per heavy atom. The molecule has 1 aliphatic heterocycles. The van der Waals surface area contributed by atoms with Gasteiger partial charge < -0.3 is 19.4 Å². The number of fused-ring (bicyclic) bond motifs is 1. The lowest BCUT2D eigenvalue weighted by Gasteiger charge is -2.41. The van der Waals surface area contributed by atoms with Crippen LogP contribution in [-0.4, -0.2) is 62.0 Å². The van der Waals surface area contributed by atoms with Gasteiger partial charge in [-0.15, -0.1) is 0 Å². The summed E-state index contributed by atoms with van der Waals surface area (Å²) in [5.41, 5.74) is 1.45. The van der Waals surface area contributed by atoms with E-state index in [1.807, 2.05) is 37.4 Å². The van der Waals surface area contributed by atoms with E-state index < -0.39 is 5.92 Å². The van der Waals surface area contributed by atoms with E-state index in [2.05, 4.69) is 9.88 Å². The zero-order chi connectivity index (χ0) is 21.0. The first-order valence-electron chi connectivity index (χ1n) is 9.87. The largest absolute Gasteiger partial charge is 0.469 e. The van der Waals surface area contributed by atoms with Gasteiger partial charge in [0.1, 0.15) is 0 Å². The molecule has 3 rings (SSSR count). The molecule has 1 fully saturated rings. The first-order chi connectivity index (χ1) is 13.9. The molecule has 7 nitrogen and oxygen atoms in total. The highest BCUT2D eigenvalue weighted by Crippen LogP contribution is 2.35. The molecule has 0 radical (unpaired) electrons. The van der Waals surface area contributed by atoms with Gasteiger partial charge in [-0.05, 0) is 37.4 Å². The standard InChI is InChI=1S/C22H28N2O5/c1-24-12-15(8-9-21(26)28-2)16(17(13-24)22(27)29-3)11-20(25)19-10-14-6-4-5-7-18(14)23-19/h4-7,10,15-17,23H,8-9,11-13H2,1-3H3/t15-,16-,17+/m0/s1. The second-order valence-corrected chi connectivity index (χ2v) is 7.79. The molecule has 156 valence electrons. The van der Waals surface area contributed by atoms with E-state index in [-0.39, 0.29) is 42.4 Å². The molecule has 7 heteroatoms. The number of nitrogens with zero attached hydrogens (tertiary/aromatic N) is 1. The zero-order valence-electron chi connectivity index (χ0n) is 17.1. The van der Waals surface area contributed by atoms with Crippen molar-refractivity contribution in [2.24, 2.45) is 17.8 Å². The van der Waals surface area contributed by atoms with Crippen LogP contribution in [0.15, 0.2) is 30.3 Å². The number of methoxy groups -OCH3 is 2. The lowest BCUT2D eigenvalue weighted by molar-refractivity contribution is -0.151. The molecular weight excluding hydrogens is 372 g/mol. The number of benzene rings is 1. The third kappa shape index (κ3) is 4.85. The quantitative estimate of drug-likeness (QED) is 0.568. The van der Waals surface area contributed by atoms with E-state index in [9.17, 15) is 14.4 Å². The van der Waals surface area contributed by atoms with Crippen LogP contribution in [-0.2, 0) is 19.1 Å². The van der Waals surface area contributed by atoms with Crippen molar-refractivity contribution in [1.82, 2.24) is 9.88 Å². The number of carbonyl (C=O) groups is 3. The van der Waals surface area contributed by atoms with Crippen LogP contribution in [0.2, 0.25) is 0 Å². The summed E-state index contributed by atoms with van der Waals surface area (Å²) in [6, 6.07) is 9.58. The van der Waals surface area contributed by atoms with Gasteiger partial charge in [-0.2, -0.15) is 0 Å². The van der Waals surface area contributed by atoms with Crippen molar-refractivity contribution in [3.8, 4) is 0 Å². The summed E-state index contributed by atoms with van der Waals surface area (Å²) in [7, 11) is 4.68. The first-order valence-corrected chi connectivity index (χ1v) is 9.87. The molecule has 2 heterocycles. The molecule has 0 bridgehead atoms. The third-order valence-corrected chi connectivity index (χ3v) is 5.88. The van der Waals surface area contributed by atoms with Gasteiger partial charge in [0, 0.05) is 36.8 Å². The Bertz CT molecular complexity index is 857. The minimum Gasteiger partial charge on any atom is -0.469 e. The molecule has 1 aromatic heterocycles. The Morgan fingerprint density at radius 3 is 2.59 bits per heavy atom. The average molecular weight is 400 g/mol. The fraction of sp³-hybridized carbons (Fsp3) is 0.500. The van der Waals surface area contributed by atoms with Gasteiger partial charge in [-0.1, -0.05) is 18.2 Å². The number of hydrogen-bond acceptors (Lipinski definition) is 6. The summed E-state index contributed by atoms with van der Waals surface area (Å²) < 4.78 is 9.79. The number of rotatable bonds is 7. The van der Waals surface area contributed by atoms with Crippen molar-refractivity contribution in [1.29, 1.82) is 0 Å². The number of ether oxygens (including phenoxy) is 2. The van der Waals surface area contributed by atoms with E-state index >= 15 is 0 Å². The number of H-pyrrole nitrogens is 1. The second kappa shape index (κ2) is 9.22. The topological polar surface area (TPSA) is 88.7 Å². The van der Waals surface area contributed by atoms with E-state index in [1.54, 1.807) is 0 Å². The van der Waals surface area contributed by atoms with Crippen LogP contribution in [0.1, 0.15) is 29.8 Å². The molecule has 1 aromatic carbocycles. The SMILES string of the molecule is COC(=O)CC[C@H]1CN(C)C[C@@H](C(=O)OC)[C@H]1CC(=O)c1cc2ccccc2[nH]1.